The Hall–Kier alpha value is -4.37. The van der Waals surface area contributed by atoms with E-state index < -0.39 is 17.7 Å². The number of nitrogens with zero attached hydrogens (tertiary/aromatic N) is 2. The third-order valence-electron chi connectivity index (χ3n) is 7.22. The van der Waals surface area contributed by atoms with Crippen molar-refractivity contribution in [2.45, 2.75) is 39.2 Å². The molecule has 3 aromatic carbocycles. The Bertz CT molecular complexity index is 1700. The lowest BCUT2D eigenvalue weighted by atomic mass is 9.85. The number of aromatic nitrogens is 1. The molecular weight excluding hydrogens is 540 g/mol. The first kappa shape index (κ1) is 26.8. The lowest BCUT2D eigenvalue weighted by Crippen LogP contribution is -2.29. The third-order valence-corrected chi connectivity index (χ3v) is 8.24. The largest absolute Gasteiger partial charge is 0.507 e. The highest BCUT2D eigenvalue weighted by Gasteiger charge is 2.48. The zero-order chi connectivity index (χ0) is 28.9. The van der Waals surface area contributed by atoms with Crippen LogP contribution in [0.5, 0.6) is 17.2 Å². The van der Waals surface area contributed by atoms with Gasteiger partial charge in [-0.05, 0) is 59.9 Å². The smallest absolute Gasteiger partial charge is 0.301 e. The Balaban J connectivity index is 1.51. The fraction of sp³-hybridized carbons (Fsp3) is 0.281. The van der Waals surface area contributed by atoms with Gasteiger partial charge in [-0.2, -0.15) is 0 Å². The summed E-state index contributed by atoms with van der Waals surface area (Å²) in [5.74, 6) is -0.0902. The highest BCUT2D eigenvalue weighted by molar-refractivity contribution is 7.22. The van der Waals surface area contributed by atoms with E-state index in [2.05, 4.69) is 20.8 Å². The summed E-state index contributed by atoms with van der Waals surface area (Å²) in [6.45, 7) is 9.60. The van der Waals surface area contributed by atoms with Gasteiger partial charge in [0.2, 0.25) is 0 Å². The number of carbonyl (C=O) groups excluding carboxylic acids is 2. The van der Waals surface area contributed by atoms with Crippen LogP contribution in [0.25, 0.3) is 16.0 Å². The summed E-state index contributed by atoms with van der Waals surface area (Å²) < 4.78 is 17.8. The van der Waals surface area contributed by atoms with Crippen LogP contribution in [0.15, 0.2) is 66.2 Å². The van der Waals surface area contributed by atoms with Gasteiger partial charge in [-0.25, -0.2) is 4.98 Å². The molecule has 0 bridgehead atoms. The maximum atomic E-state index is 13.7. The number of hydrogen-bond donors (Lipinski definition) is 1. The SMILES string of the molecule is CCOc1ccc2nc(N3C(=O)C(=O)C(=C(O)c4ccc5c(c4)OCCO5)C3c3ccc(C(C)(C)C)cc3)sc2c1. The standard InChI is InChI=1S/C32H30N2O6S/c1-5-38-21-11-12-22-25(17-21)41-31(33-22)34-27(18-6-9-20(10-7-18)32(2,3)4)26(29(36)30(34)37)28(35)19-8-13-23-24(16-19)40-15-14-39-23/h6-13,16-17,27,35H,5,14-15H2,1-4H3. The quantitative estimate of drug-likeness (QED) is 0.169. The van der Waals surface area contributed by atoms with Crippen molar-refractivity contribution in [3.8, 4) is 17.2 Å². The molecule has 2 aliphatic heterocycles. The minimum absolute atomic E-state index is 0.00977. The van der Waals surface area contributed by atoms with Gasteiger partial charge < -0.3 is 19.3 Å². The molecule has 1 aromatic heterocycles. The molecule has 0 aliphatic carbocycles. The number of aliphatic hydroxyl groups excluding tert-OH is 1. The first-order valence-electron chi connectivity index (χ1n) is 13.5. The van der Waals surface area contributed by atoms with Crippen LogP contribution in [-0.2, 0) is 15.0 Å². The van der Waals surface area contributed by atoms with Crippen LogP contribution < -0.4 is 19.1 Å². The Morgan fingerprint density at radius 2 is 1.76 bits per heavy atom. The molecule has 2 aliphatic rings. The monoisotopic (exact) mass is 570 g/mol. The Morgan fingerprint density at radius 1 is 1.02 bits per heavy atom. The molecule has 9 heteroatoms. The Labute approximate surface area is 241 Å². The lowest BCUT2D eigenvalue weighted by Gasteiger charge is -2.25. The predicted octanol–water partition coefficient (Wildman–Crippen LogP) is 6.39. The minimum Gasteiger partial charge on any atom is -0.507 e. The average molecular weight is 571 g/mol. The molecule has 1 unspecified atom stereocenters. The molecule has 0 saturated carbocycles. The number of rotatable bonds is 5. The van der Waals surface area contributed by atoms with Gasteiger partial charge in [-0.15, -0.1) is 0 Å². The molecule has 3 heterocycles. The maximum Gasteiger partial charge on any atom is 0.301 e. The molecule has 1 amide bonds. The van der Waals surface area contributed by atoms with E-state index in [-0.39, 0.29) is 16.7 Å². The van der Waals surface area contributed by atoms with Gasteiger partial charge in [0, 0.05) is 5.56 Å². The van der Waals surface area contributed by atoms with E-state index in [1.807, 2.05) is 49.4 Å². The van der Waals surface area contributed by atoms with E-state index >= 15 is 0 Å². The first-order chi connectivity index (χ1) is 19.7. The molecule has 0 radical (unpaired) electrons. The van der Waals surface area contributed by atoms with Gasteiger partial charge in [0.1, 0.15) is 24.7 Å². The van der Waals surface area contributed by atoms with Crippen LogP contribution in [-0.4, -0.2) is 41.6 Å². The molecule has 6 rings (SSSR count). The summed E-state index contributed by atoms with van der Waals surface area (Å²) >= 11 is 1.30. The number of Topliss-reactive ketones (excluding diaryl/α,β-unsaturated/α-hetero) is 1. The normalized spacial score (nSPS) is 18.2. The van der Waals surface area contributed by atoms with Crippen molar-refractivity contribution in [1.82, 2.24) is 4.98 Å². The summed E-state index contributed by atoms with van der Waals surface area (Å²) in [7, 11) is 0. The van der Waals surface area contributed by atoms with Gasteiger partial charge in [-0.1, -0.05) is 56.4 Å². The van der Waals surface area contributed by atoms with Crippen LogP contribution in [0.1, 0.15) is 50.4 Å². The van der Waals surface area contributed by atoms with Gasteiger partial charge in [0.15, 0.2) is 16.6 Å². The first-order valence-corrected chi connectivity index (χ1v) is 14.3. The second-order valence-electron chi connectivity index (χ2n) is 11.0. The number of ketones is 1. The van der Waals surface area contributed by atoms with Crippen LogP contribution >= 0.6 is 11.3 Å². The Morgan fingerprint density at radius 3 is 2.46 bits per heavy atom. The van der Waals surface area contributed by atoms with E-state index in [1.165, 1.54) is 16.2 Å². The zero-order valence-corrected chi connectivity index (χ0v) is 24.1. The second-order valence-corrected chi connectivity index (χ2v) is 12.0. The third kappa shape index (κ3) is 4.80. The number of amides is 1. The summed E-state index contributed by atoms with van der Waals surface area (Å²) in [6, 6.07) is 17.4. The maximum absolute atomic E-state index is 13.7. The highest BCUT2D eigenvalue weighted by atomic mass is 32.1. The number of carbonyl (C=O) groups is 2. The van der Waals surface area contributed by atoms with Crippen LogP contribution in [0, 0.1) is 0 Å². The molecule has 1 fully saturated rings. The Kier molecular flexibility index (Phi) is 6.69. The van der Waals surface area contributed by atoms with Crippen LogP contribution in [0.3, 0.4) is 0 Å². The second kappa shape index (κ2) is 10.2. The molecule has 41 heavy (non-hydrogen) atoms. The number of benzene rings is 3. The molecular formula is C32H30N2O6S. The lowest BCUT2D eigenvalue weighted by molar-refractivity contribution is -0.132. The van der Waals surface area contributed by atoms with Crippen molar-refractivity contribution in [1.29, 1.82) is 0 Å². The number of ether oxygens (including phenoxy) is 3. The molecule has 4 aromatic rings. The molecule has 1 saturated heterocycles. The molecule has 1 atom stereocenters. The summed E-state index contributed by atoms with van der Waals surface area (Å²) in [4.78, 5) is 33.4. The number of hydrogen-bond acceptors (Lipinski definition) is 8. The van der Waals surface area contributed by atoms with Crippen molar-refractivity contribution in [2.75, 3.05) is 24.7 Å². The molecule has 1 N–H and O–H groups in total. The molecule has 210 valence electrons. The minimum atomic E-state index is -0.885. The number of aliphatic hydroxyl groups is 1. The van der Waals surface area contributed by atoms with E-state index in [0.29, 0.717) is 58.8 Å². The van der Waals surface area contributed by atoms with E-state index in [0.717, 1.165) is 10.3 Å². The van der Waals surface area contributed by atoms with Crippen molar-refractivity contribution in [3.05, 3.63) is 82.9 Å². The highest BCUT2D eigenvalue weighted by Crippen LogP contribution is 2.45. The van der Waals surface area contributed by atoms with Crippen molar-refractivity contribution in [2.24, 2.45) is 0 Å². The summed E-state index contributed by atoms with van der Waals surface area (Å²) in [5, 5.41) is 11.9. The zero-order valence-electron chi connectivity index (χ0n) is 23.3. The van der Waals surface area contributed by atoms with Crippen molar-refractivity contribution in [3.63, 3.8) is 0 Å². The summed E-state index contributed by atoms with van der Waals surface area (Å²) in [6.07, 6.45) is 0. The van der Waals surface area contributed by atoms with Crippen molar-refractivity contribution < 1.29 is 28.9 Å². The van der Waals surface area contributed by atoms with Crippen LogP contribution in [0.2, 0.25) is 0 Å². The van der Waals surface area contributed by atoms with Gasteiger partial charge in [0.05, 0.1) is 28.4 Å². The van der Waals surface area contributed by atoms with Gasteiger partial charge >= 0.3 is 5.91 Å². The summed E-state index contributed by atoms with van der Waals surface area (Å²) in [5.41, 5.74) is 2.73. The van der Waals surface area contributed by atoms with Gasteiger partial charge in [-0.3, -0.25) is 14.5 Å². The van der Waals surface area contributed by atoms with E-state index in [1.54, 1.807) is 18.2 Å². The van der Waals surface area contributed by atoms with Crippen LogP contribution in [0.4, 0.5) is 5.13 Å². The fourth-order valence-corrected chi connectivity index (χ4v) is 6.13. The van der Waals surface area contributed by atoms with E-state index in [4.69, 9.17) is 19.2 Å². The number of fused-ring (bicyclic) bond motifs is 2. The van der Waals surface area contributed by atoms with Crippen molar-refractivity contribution >= 4 is 44.1 Å². The molecule has 0 spiro atoms. The predicted molar refractivity (Wildman–Crippen MR) is 158 cm³/mol. The fourth-order valence-electron chi connectivity index (χ4n) is 5.11. The average Bonchev–Trinajstić information content (AvgIpc) is 3.49. The van der Waals surface area contributed by atoms with E-state index in [9.17, 15) is 14.7 Å². The molecule has 8 nitrogen and oxygen atoms in total. The van der Waals surface area contributed by atoms with Gasteiger partial charge in [0.25, 0.3) is 5.78 Å². The number of anilines is 1. The topological polar surface area (TPSA) is 98.2 Å². The number of thiazole rings is 1.